The Bertz CT molecular complexity index is 717. The molecule has 0 N–H and O–H groups in total. The van der Waals surface area contributed by atoms with Crippen molar-refractivity contribution >= 4 is 11.9 Å². The number of benzene rings is 2. The van der Waals surface area contributed by atoms with Crippen molar-refractivity contribution in [3.05, 3.63) is 66.7 Å². The van der Waals surface area contributed by atoms with Gasteiger partial charge in [0.25, 0.3) is 0 Å². The molecule has 0 amide bonds. The monoisotopic (exact) mass is 324 g/mol. The number of hydrogen-bond acceptors (Lipinski definition) is 4. The Labute approximate surface area is 141 Å². The van der Waals surface area contributed by atoms with Gasteiger partial charge in [0.05, 0.1) is 6.61 Å². The van der Waals surface area contributed by atoms with E-state index in [0.717, 1.165) is 23.3 Å². The van der Waals surface area contributed by atoms with Gasteiger partial charge in [0.1, 0.15) is 5.75 Å². The number of para-hydroxylation sites is 1. The third-order valence-corrected chi connectivity index (χ3v) is 3.10. The molecule has 0 unspecified atom stereocenters. The standard InChI is InChI=1S/C20H20O4/c1-15(2)14-23-19(21)12-13-20(22)24-18-11-7-6-10-17(18)16-8-4-3-5-9-16/h3-13,15H,14H2,1-2H3. The van der Waals surface area contributed by atoms with Gasteiger partial charge < -0.3 is 9.47 Å². The van der Waals surface area contributed by atoms with E-state index in [1.54, 1.807) is 12.1 Å². The van der Waals surface area contributed by atoms with Gasteiger partial charge in [-0.25, -0.2) is 9.59 Å². The minimum absolute atomic E-state index is 0.243. The van der Waals surface area contributed by atoms with Crippen LogP contribution in [0, 0.1) is 5.92 Å². The zero-order valence-electron chi connectivity index (χ0n) is 13.8. The van der Waals surface area contributed by atoms with E-state index < -0.39 is 11.9 Å². The van der Waals surface area contributed by atoms with Crippen LogP contribution in [0.1, 0.15) is 13.8 Å². The van der Waals surface area contributed by atoms with E-state index in [2.05, 4.69) is 0 Å². The second kappa shape index (κ2) is 8.67. The van der Waals surface area contributed by atoms with E-state index in [1.165, 1.54) is 0 Å². The summed E-state index contributed by atoms with van der Waals surface area (Å²) >= 11 is 0. The Hall–Kier alpha value is -2.88. The second-order valence-electron chi connectivity index (χ2n) is 5.64. The largest absolute Gasteiger partial charge is 0.462 e. The van der Waals surface area contributed by atoms with Crippen molar-refractivity contribution in [3.63, 3.8) is 0 Å². The third-order valence-electron chi connectivity index (χ3n) is 3.10. The van der Waals surface area contributed by atoms with E-state index >= 15 is 0 Å². The van der Waals surface area contributed by atoms with Crippen molar-refractivity contribution in [2.45, 2.75) is 13.8 Å². The number of rotatable bonds is 6. The molecule has 0 spiro atoms. The van der Waals surface area contributed by atoms with Crippen LogP contribution in [-0.4, -0.2) is 18.5 Å². The van der Waals surface area contributed by atoms with Gasteiger partial charge in [0.15, 0.2) is 0 Å². The molecule has 4 nitrogen and oxygen atoms in total. The van der Waals surface area contributed by atoms with Crippen LogP contribution in [0.5, 0.6) is 5.75 Å². The summed E-state index contributed by atoms with van der Waals surface area (Å²) < 4.78 is 10.3. The lowest BCUT2D eigenvalue weighted by atomic mass is 10.1. The number of esters is 2. The number of hydrogen-bond donors (Lipinski definition) is 0. The lowest BCUT2D eigenvalue weighted by molar-refractivity contribution is -0.139. The summed E-state index contributed by atoms with van der Waals surface area (Å²) in [6.45, 7) is 4.19. The molecule has 0 fully saturated rings. The average Bonchev–Trinajstić information content (AvgIpc) is 2.59. The first-order valence-electron chi connectivity index (χ1n) is 7.77. The van der Waals surface area contributed by atoms with Crippen LogP contribution >= 0.6 is 0 Å². The normalized spacial score (nSPS) is 10.8. The summed E-state index contributed by atoms with van der Waals surface area (Å²) in [5, 5.41) is 0. The van der Waals surface area contributed by atoms with Crippen molar-refractivity contribution in [2.75, 3.05) is 6.61 Å². The topological polar surface area (TPSA) is 52.6 Å². The molecule has 2 aromatic carbocycles. The van der Waals surface area contributed by atoms with Crippen molar-refractivity contribution in [1.29, 1.82) is 0 Å². The van der Waals surface area contributed by atoms with Crippen molar-refractivity contribution < 1.29 is 19.1 Å². The molecule has 124 valence electrons. The van der Waals surface area contributed by atoms with Crippen LogP contribution in [0.3, 0.4) is 0 Å². The smallest absolute Gasteiger partial charge is 0.336 e. The molecule has 0 aliphatic heterocycles. The van der Waals surface area contributed by atoms with Crippen LogP contribution in [0.25, 0.3) is 11.1 Å². The van der Waals surface area contributed by atoms with Gasteiger partial charge in [-0.1, -0.05) is 62.4 Å². The maximum atomic E-state index is 11.9. The molecule has 0 heterocycles. The minimum Gasteiger partial charge on any atom is -0.462 e. The summed E-state index contributed by atoms with van der Waals surface area (Å²) in [7, 11) is 0. The summed E-state index contributed by atoms with van der Waals surface area (Å²) in [6.07, 6.45) is 2.15. The van der Waals surface area contributed by atoms with Gasteiger partial charge >= 0.3 is 11.9 Å². The molecule has 0 radical (unpaired) electrons. The van der Waals surface area contributed by atoms with E-state index in [4.69, 9.17) is 9.47 Å². The lowest BCUT2D eigenvalue weighted by Crippen LogP contribution is -2.09. The van der Waals surface area contributed by atoms with Gasteiger partial charge in [-0.2, -0.15) is 0 Å². The molecule has 0 atom stereocenters. The first-order valence-corrected chi connectivity index (χ1v) is 7.77. The minimum atomic E-state index is -0.625. The highest BCUT2D eigenvalue weighted by Gasteiger charge is 2.09. The Morgan fingerprint density at radius 2 is 1.54 bits per heavy atom. The molecular weight excluding hydrogens is 304 g/mol. The molecular formula is C20H20O4. The van der Waals surface area contributed by atoms with E-state index in [0.29, 0.717) is 12.4 Å². The zero-order chi connectivity index (χ0) is 17.4. The Balaban J connectivity index is 2.04. The quantitative estimate of drug-likeness (QED) is 0.457. The van der Waals surface area contributed by atoms with E-state index in [-0.39, 0.29) is 5.92 Å². The van der Waals surface area contributed by atoms with Gasteiger partial charge in [-0.15, -0.1) is 0 Å². The highest BCUT2D eigenvalue weighted by Crippen LogP contribution is 2.29. The average molecular weight is 324 g/mol. The fourth-order valence-electron chi connectivity index (χ4n) is 1.99. The molecule has 2 aromatic rings. The molecule has 0 aliphatic rings. The Morgan fingerprint density at radius 3 is 2.25 bits per heavy atom. The SMILES string of the molecule is CC(C)COC(=O)C=CC(=O)Oc1ccccc1-c1ccccc1. The van der Waals surface area contributed by atoms with E-state index in [1.807, 2.05) is 56.3 Å². The summed E-state index contributed by atoms with van der Waals surface area (Å²) in [6, 6.07) is 16.9. The van der Waals surface area contributed by atoms with Crippen molar-refractivity contribution in [3.8, 4) is 16.9 Å². The molecule has 24 heavy (non-hydrogen) atoms. The summed E-state index contributed by atoms with van der Waals surface area (Å²) in [5.74, 6) is -0.502. The first-order chi connectivity index (χ1) is 11.6. The van der Waals surface area contributed by atoms with Crippen LogP contribution in [0.4, 0.5) is 0 Å². The maximum absolute atomic E-state index is 11.9. The highest BCUT2D eigenvalue weighted by molar-refractivity contribution is 5.93. The molecule has 0 saturated heterocycles. The molecule has 0 aromatic heterocycles. The van der Waals surface area contributed by atoms with Crippen LogP contribution < -0.4 is 4.74 Å². The summed E-state index contributed by atoms with van der Waals surface area (Å²) in [5.41, 5.74) is 1.75. The zero-order valence-corrected chi connectivity index (χ0v) is 13.8. The second-order valence-corrected chi connectivity index (χ2v) is 5.64. The fraction of sp³-hybridized carbons (Fsp3) is 0.200. The predicted octanol–water partition coefficient (Wildman–Crippen LogP) is 4.01. The molecule has 2 rings (SSSR count). The van der Waals surface area contributed by atoms with Gasteiger partial charge in [-0.05, 0) is 17.5 Å². The van der Waals surface area contributed by atoms with Gasteiger partial charge in [0, 0.05) is 17.7 Å². The van der Waals surface area contributed by atoms with Crippen LogP contribution in [0.15, 0.2) is 66.7 Å². The lowest BCUT2D eigenvalue weighted by Gasteiger charge is -2.08. The molecule has 0 bridgehead atoms. The Kier molecular flexibility index (Phi) is 6.32. The Morgan fingerprint density at radius 1 is 0.917 bits per heavy atom. The number of carbonyl (C=O) groups excluding carboxylic acids is 2. The number of carbonyl (C=O) groups is 2. The maximum Gasteiger partial charge on any atom is 0.336 e. The molecule has 0 aliphatic carbocycles. The first kappa shape index (κ1) is 17.5. The van der Waals surface area contributed by atoms with Crippen molar-refractivity contribution in [2.24, 2.45) is 5.92 Å². The van der Waals surface area contributed by atoms with Crippen molar-refractivity contribution in [1.82, 2.24) is 0 Å². The van der Waals surface area contributed by atoms with Gasteiger partial charge in [0.2, 0.25) is 0 Å². The fourth-order valence-corrected chi connectivity index (χ4v) is 1.99. The molecule has 0 saturated carbocycles. The van der Waals surface area contributed by atoms with Crippen LogP contribution in [0.2, 0.25) is 0 Å². The number of ether oxygens (including phenoxy) is 2. The van der Waals surface area contributed by atoms with Crippen LogP contribution in [-0.2, 0) is 14.3 Å². The van der Waals surface area contributed by atoms with Gasteiger partial charge in [-0.3, -0.25) is 0 Å². The summed E-state index contributed by atoms with van der Waals surface area (Å²) in [4.78, 5) is 23.4. The van der Waals surface area contributed by atoms with E-state index in [9.17, 15) is 9.59 Å². The molecule has 4 heteroatoms. The highest BCUT2D eigenvalue weighted by atomic mass is 16.5. The third kappa shape index (κ3) is 5.39. The predicted molar refractivity (Wildman–Crippen MR) is 92.5 cm³/mol.